The van der Waals surface area contributed by atoms with Gasteiger partial charge in [-0.15, -0.1) is 0 Å². The Morgan fingerprint density at radius 3 is 2.86 bits per heavy atom. The van der Waals surface area contributed by atoms with Gasteiger partial charge in [-0.05, 0) is 23.8 Å². The van der Waals surface area contributed by atoms with Crippen LogP contribution in [0.25, 0.3) is 6.08 Å². The van der Waals surface area contributed by atoms with Gasteiger partial charge in [-0.2, -0.15) is 0 Å². The Balaban J connectivity index is 1.73. The minimum absolute atomic E-state index is 0.181. The highest BCUT2D eigenvalue weighted by molar-refractivity contribution is 5.91. The second-order valence-electron chi connectivity index (χ2n) is 5.04. The summed E-state index contributed by atoms with van der Waals surface area (Å²) in [6.07, 6.45) is 9.77. The Morgan fingerprint density at radius 2 is 2.18 bits per heavy atom. The van der Waals surface area contributed by atoms with Crippen LogP contribution < -0.4 is 9.88 Å². The Kier molecular flexibility index (Phi) is 5.19. The average molecular weight is 302 g/mol. The Hall–Kier alpha value is -2.76. The largest absolute Gasteiger partial charge is 0.504 e. The summed E-state index contributed by atoms with van der Waals surface area (Å²) in [4.78, 5) is 11.7. The fourth-order valence-corrected chi connectivity index (χ4v) is 1.98. The molecular formula is C16H20N3O3+. The van der Waals surface area contributed by atoms with Crippen molar-refractivity contribution in [2.24, 2.45) is 7.05 Å². The number of amides is 1. The van der Waals surface area contributed by atoms with Crippen LogP contribution in [-0.2, 0) is 18.4 Å². The quantitative estimate of drug-likeness (QED) is 0.322. The summed E-state index contributed by atoms with van der Waals surface area (Å²) in [5, 5.41) is 21.4. The number of nitrogens with zero attached hydrogens (tertiary/aromatic N) is 2. The number of nitrogens with one attached hydrogen (secondary N) is 1. The molecule has 0 atom stereocenters. The fraction of sp³-hybridized carbons (Fsp3) is 0.250. The number of imidazole rings is 1. The van der Waals surface area contributed by atoms with Crippen molar-refractivity contribution in [1.82, 2.24) is 9.88 Å². The molecule has 0 aliphatic carbocycles. The van der Waals surface area contributed by atoms with E-state index in [1.807, 2.05) is 30.3 Å². The topological polar surface area (TPSA) is 78.4 Å². The molecule has 6 heteroatoms. The number of benzene rings is 1. The lowest BCUT2D eigenvalue weighted by molar-refractivity contribution is -0.671. The number of hydrogen-bond donors (Lipinski definition) is 3. The zero-order valence-electron chi connectivity index (χ0n) is 12.4. The minimum Gasteiger partial charge on any atom is -0.504 e. The molecule has 6 nitrogen and oxygen atoms in total. The van der Waals surface area contributed by atoms with Gasteiger partial charge in [0.1, 0.15) is 12.4 Å². The molecular weight excluding hydrogens is 282 g/mol. The maximum absolute atomic E-state index is 11.7. The molecule has 1 heterocycles. The summed E-state index contributed by atoms with van der Waals surface area (Å²) in [7, 11) is 1.96. The van der Waals surface area contributed by atoms with Crippen molar-refractivity contribution in [2.45, 2.75) is 13.0 Å². The zero-order valence-corrected chi connectivity index (χ0v) is 12.4. The number of aromatic hydroxyl groups is 2. The Labute approximate surface area is 129 Å². The molecule has 0 saturated carbocycles. The van der Waals surface area contributed by atoms with E-state index in [1.54, 1.807) is 12.1 Å². The highest BCUT2D eigenvalue weighted by Crippen LogP contribution is 2.25. The average Bonchev–Trinajstić information content (AvgIpc) is 2.90. The minimum atomic E-state index is -0.206. The van der Waals surface area contributed by atoms with Gasteiger partial charge in [-0.25, -0.2) is 9.13 Å². The molecule has 0 aliphatic heterocycles. The molecule has 1 aromatic carbocycles. The van der Waals surface area contributed by atoms with Crippen molar-refractivity contribution >= 4 is 12.0 Å². The number of aromatic nitrogens is 2. The van der Waals surface area contributed by atoms with E-state index in [1.165, 1.54) is 18.2 Å². The van der Waals surface area contributed by atoms with E-state index in [0.717, 1.165) is 13.0 Å². The van der Waals surface area contributed by atoms with Crippen LogP contribution in [0.4, 0.5) is 0 Å². The third-order valence-electron chi connectivity index (χ3n) is 3.14. The first-order valence-corrected chi connectivity index (χ1v) is 7.03. The Bertz CT molecular complexity index is 677. The molecule has 1 aromatic heterocycles. The molecule has 1 amide bonds. The zero-order chi connectivity index (χ0) is 15.9. The second-order valence-corrected chi connectivity index (χ2v) is 5.04. The van der Waals surface area contributed by atoms with Gasteiger partial charge < -0.3 is 15.5 Å². The highest BCUT2D eigenvalue weighted by Gasteiger charge is 2.01. The molecule has 22 heavy (non-hydrogen) atoms. The van der Waals surface area contributed by atoms with Crippen molar-refractivity contribution in [2.75, 3.05) is 6.54 Å². The molecule has 116 valence electrons. The number of aryl methyl sites for hydroxylation is 2. The van der Waals surface area contributed by atoms with Crippen molar-refractivity contribution in [3.8, 4) is 11.5 Å². The van der Waals surface area contributed by atoms with Gasteiger partial charge in [0.25, 0.3) is 0 Å². The number of phenolic OH excluding ortho intramolecular Hbond substituents is 2. The number of rotatable bonds is 6. The fourth-order valence-electron chi connectivity index (χ4n) is 1.98. The molecule has 0 radical (unpaired) electrons. The lowest BCUT2D eigenvalue weighted by Gasteiger charge is -2.01. The lowest BCUT2D eigenvalue weighted by atomic mass is 10.2. The van der Waals surface area contributed by atoms with E-state index in [9.17, 15) is 15.0 Å². The molecule has 0 unspecified atom stereocenters. The van der Waals surface area contributed by atoms with Crippen LogP contribution in [0.15, 0.2) is 43.0 Å². The summed E-state index contributed by atoms with van der Waals surface area (Å²) >= 11 is 0. The van der Waals surface area contributed by atoms with Gasteiger partial charge >= 0.3 is 0 Å². The maximum Gasteiger partial charge on any atom is 0.244 e. The molecule has 0 saturated heterocycles. The molecule has 3 N–H and O–H groups in total. The summed E-state index contributed by atoms with van der Waals surface area (Å²) in [5.41, 5.74) is 0.644. The summed E-state index contributed by atoms with van der Waals surface area (Å²) in [6, 6.07) is 4.39. The van der Waals surface area contributed by atoms with Gasteiger partial charge in [0, 0.05) is 19.0 Å². The number of carbonyl (C=O) groups excluding carboxylic acids is 1. The van der Waals surface area contributed by atoms with Crippen LogP contribution >= 0.6 is 0 Å². The SMILES string of the molecule is C[n+]1ccn(CCCNC(=O)C=Cc2ccc(O)c(O)c2)c1. The van der Waals surface area contributed by atoms with E-state index in [4.69, 9.17) is 0 Å². The molecule has 2 rings (SSSR count). The molecule has 2 aromatic rings. The first kappa shape index (κ1) is 15.6. The van der Waals surface area contributed by atoms with E-state index >= 15 is 0 Å². The van der Waals surface area contributed by atoms with Gasteiger partial charge in [-0.3, -0.25) is 4.79 Å². The first-order chi connectivity index (χ1) is 10.5. The van der Waals surface area contributed by atoms with Crippen LogP contribution in [0, 0.1) is 0 Å². The maximum atomic E-state index is 11.7. The van der Waals surface area contributed by atoms with Crippen LogP contribution in [-0.4, -0.2) is 27.2 Å². The second kappa shape index (κ2) is 7.31. The molecule has 0 bridgehead atoms. The third-order valence-corrected chi connectivity index (χ3v) is 3.14. The smallest absolute Gasteiger partial charge is 0.244 e. The molecule has 0 fully saturated rings. The van der Waals surface area contributed by atoms with E-state index in [-0.39, 0.29) is 17.4 Å². The van der Waals surface area contributed by atoms with Gasteiger partial charge in [0.15, 0.2) is 11.5 Å². The van der Waals surface area contributed by atoms with E-state index < -0.39 is 0 Å². The van der Waals surface area contributed by atoms with Crippen molar-refractivity contribution in [3.05, 3.63) is 48.6 Å². The van der Waals surface area contributed by atoms with Gasteiger partial charge in [0.05, 0.1) is 13.6 Å². The standard InChI is InChI=1S/C16H19N3O3/c1-18-9-10-19(12-18)8-2-7-17-16(22)6-4-13-3-5-14(20)15(21)11-13/h3-6,9-12H,2,7-8H2,1H3,(H2-,17,20,21,22)/p+1. The third kappa shape index (κ3) is 4.66. The molecule has 0 spiro atoms. The Morgan fingerprint density at radius 1 is 1.36 bits per heavy atom. The first-order valence-electron chi connectivity index (χ1n) is 7.03. The van der Waals surface area contributed by atoms with E-state index in [2.05, 4.69) is 9.88 Å². The van der Waals surface area contributed by atoms with Crippen molar-refractivity contribution in [3.63, 3.8) is 0 Å². The van der Waals surface area contributed by atoms with Crippen LogP contribution in [0.5, 0.6) is 11.5 Å². The normalized spacial score (nSPS) is 11.0. The van der Waals surface area contributed by atoms with Crippen LogP contribution in [0.1, 0.15) is 12.0 Å². The van der Waals surface area contributed by atoms with Gasteiger partial charge in [0.2, 0.25) is 12.2 Å². The van der Waals surface area contributed by atoms with Crippen molar-refractivity contribution in [1.29, 1.82) is 0 Å². The van der Waals surface area contributed by atoms with Crippen LogP contribution in [0.3, 0.4) is 0 Å². The number of hydrogen-bond acceptors (Lipinski definition) is 3. The highest BCUT2D eigenvalue weighted by atomic mass is 16.3. The lowest BCUT2D eigenvalue weighted by Crippen LogP contribution is -2.25. The number of carbonyl (C=O) groups is 1. The van der Waals surface area contributed by atoms with E-state index in [0.29, 0.717) is 12.1 Å². The summed E-state index contributed by atoms with van der Waals surface area (Å²) in [6.45, 7) is 1.43. The number of phenols is 2. The predicted octanol–water partition coefficient (Wildman–Crippen LogP) is 0.943. The predicted molar refractivity (Wildman–Crippen MR) is 82.0 cm³/mol. The molecule has 0 aliphatic rings. The van der Waals surface area contributed by atoms with Gasteiger partial charge in [-0.1, -0.05) is 6.07 Å². The summed E-state index contributed by atoms with van der Waals surface area (Å²) in [5.74, 6) is -0.576. The monoisotopic (exact) mass is 302 g/mol. The van der Waals surface area contributed by atoms with Crippen LogP contribution in [0.2, 0.25) is 0 Å². The van der Waals surface area contributed by atoms with Crippen molar-refractivity contribution < 1.29 is 19.6 Å². The summed E-state index contributed by atoms with van der Waals surface area (Å²) < 4.78 is 4.02.